The smallest absolute Gasteiger partial charge is 0.160 e. The Labute approximate surface area is 258 Å². The number of para-hydroxylation sites is 3. The maximum atomic E-state index is 6.64. The Morgan fingerprint density at radius 3 is 1.73 bits per heavy atom. The summed E-state index contributed by atoms with van der Waals surface area (Å²) >= 11 is 0. The third kappa shape index (κ3) is 3.46. The topological polar surface area (TPSA) is 23.0 Å². The van der Waals surface area contributed by atoms with Gasteiger partial charge in [-0.2, -0.15) is 0 Å². The fraction of sp³-hybridized carbons (Fsp3) is 0. The highest BCUT2D eigenvalue weighted by atomic mass is 16.3. The molecule has 0 bridgehead atoms. The lowest BCUT2D eigenvalue weighted by molar-refractivity contribution is 0.671. The van der Waals surface area contributed by atoms with E-state index in [9.17, 15) is 0 Å². The molecule has 0 aliphatic heterocycles. The van der Waals surface area contributed by atoms with Gasteiger partial charge in [0.2, 0.25) is 0 Å². The van der Waals surface area contributed by atoms with Crippen LogP contribution in [0.5, 0.6) is 0 Å². The maximum absolute atomic E-state index is 6.64. The first kappa shape index (κ1) is 24.4. The van der Waals surface area contributed by atoms with Gasteiger partial charge in [0, 0.05) is 43.7 Å². The Hall–Kier alpha value is -6.06. The molecule has 0 N–H and O–H groups in total. The molecule has 0 amide bonds. The zero-order valence-electron chi connectivity index (χ0n) is 24.3. The summed E-state index contributed by atoms with van der Waals surface area (Å²) in [5, 5.41) is 7.13. The molecule has 3 aromatic heterocycles. The van der Waals surface area contributed by atoms with E-state index in [1.807, 2.05) is 6.07 Å². The van der Waals surface area contributed by atoms with E-state index >= 15 is 0 Å². The van der Waals surface area contributed by atoms with E-state index in [-0.39, 0.29) is 0 Å². The number of nitrogens with zero attached hydrogens (tertiary/aromatic N) is 2. The van der Waals surface area contributed by atoms with E-state index in [0.29, 0.717) is 0 Å². The number of aromatic nitrogens is 2. The SMILES string of the molecule is c1ccc(-c2ccc3c(c2)c2cc4c5ccc6c7ccccc7oc6c5n(-c5ccccc5)c4cc2n3-c2ccccc2)cc1. The number of hydrogen-bond donors (Lipinski definition) is 0. The van der Waals surface area contributed by atoms with Gasteiger partial charge in [-0.3, -0.25) is 0 Å². The molecule has 7 aromatic carbocycles. The second kappa shape index (κ2) is 9.22. The molecule has 10 aromatic rings. The van der Waals surface area contributed by atoms with Gasteiger partial charge in [0.25, 0.3) is 0 Å². The van der Waals surface area contributed by atoms with E-state index in [1.54, 1.807) is 0 Å². The van der Waals surface area contributed by atoms with Crippen LogP contribution in [0.3, 0.4) is 0 Å². The summed E-state index contributed by atoms with van der Waals surface area (Å²) in [5.74, 6) is 0. The van der Waals surface area contributed by atoms with Crippen molar-refractivity contribution in [2.45, 2.75) is 0 Å². The van der Waals surface area contributed by atoms with E-state index in [2.05, 4.69) is 161 Å². The van der Waals surface area contributed by atoms with Gasteiger partial charge in [-0.25, -0.2) is 0 Å². The van der Waals surface area contributed by atoms with E-state index in [1.165, 1.54) is 43.7 Å². The van der Waals surface area contributed by atoms with Gasteiger partial charge in [0.1, 0.15) is 5.58 Å². The Bertz CT molecular complexity index is 2730. The highest BCUT2D eigenvalue weighted by molar-refractivity contribution is 6.25. The van der Waals surface area contributed by atoms with Crippen molar-refractivity contribution < 1.29 is 4.42 Å². The maximum Gasteiger partial charge on any atom is 0.160 e. The molecule has 210 valence electrons. The molecule has 0 aliphatic rings. The predicted octanol–water partition coefficient (Wildman–Crippen LogP) is 11.4. The van der Waals surface area contributed by atoms with Gasteiger partial charge >= 0.3 is 0 Å². The zero-order valence-corrected chi connectivity index (χ0v) is 24.3. The van der Waals surface area contributed by atoms with Gasteiger partial charge in [0.05, 0.1) is 22.1 Å². The molecule has 3 nitrogen and oxygen atoms in total. The lowest BCUT2D eigenvalue weighted by Gasteiger charge is -2.10. The molecule has 3 heteroatoms. The minimum atomic E-state index is 0.907. The molecule has 45 heavy (non-hydrogen) atoms. The minimum Gasteiger partial charge on any atom is -0.454 e. The Morgan fingerprint density at radius 2 is 0.956 bits per heavy atom. The molecule has 0 unspecified atom stereocenters. The van der Waals surface area contributed by atoms with Crippen molar-refractivity contribution in [2.24, 2.45) is 0 Å². The van der Waals surface area contributed by atoms with E-state index in [0.717, 1.165) is 44.3 Å². The average molecular weight is 575 g/mol. The van der Waals surface area contributed by atoms with Gasteiger partial charge in [-0.05, 0) is 71.8 Å². The molecule has 0 radical (unpaired) electrons. The van der Waals surface area contributed by atoms with Crippen LogP contribution >= 0.6 is 0 Å². The number of furan rings is 1. The molecular formula is C42H26N2O. The summed E-state index contributed by atoms with van der Waals surface area (Å²) in [7, 11) is 0. The summed E-state index contributed by atoms with van der Waals surface area (Å²) in [6.07, 6.45) is 0. The Morgan fingerprint density at radius 1 is 0.356 bits per heavy atom. The molecule has 0 aliphatic carbocycles. The number of rotatable bonds is 3. The van der Waals surface area contributed by atoms with E-state index < -0.39 is 0 Å². The van der Waals surface area contributed by atoms with Crippen molar-refractivity contribution in [3.63, 3.8) is 0 Å². The fourth-order valence-electron chi connectivity index (χ4n) is 7.30. The van der Waals surface area contributed by atoms with Crippen LogP contribution in [0, 0.1) is 0 Å². The first-order chi connectivity index (χ1) is 22.3. The standard InChI is InChI=1S/C42H26N2O/c1-4-12-27(13-5-1)28-20-23-37-34(24-28)36-25-35-32-21-22-33-31-18-10-11-19-40(31)45-42(33)41(32)44(30-16-8-3-9-17-30)39(35)26-38(36)43(37)29-14-6-2-7-15-29/h1-26H. The Kier molecular flexibility index (Phi) is 5.00. The number of fused-ring (bicyclic) bond motifs is 10. The molecule has 0 fully saturated rings. The van der Waals surface area contributed by atoms with Crippen LogP contribution in [0.1, 0.15) is 0 Å². The van der Waals surface area contributed by atoms with Crippen LogP contribution < -0.4 is 0 Å². The summed E-state index contributed by atoms with van der Waals surface area (Å²) in [6, 6.07) is 56.5. The van der Waals surface area contributed by atoms with Crippen LogP contribution in [-0.4, -0.2) is 9.13 Å². The van der Waals surface area contributed by atoms with Gasteiger partial charge in [-0.15, -0.1) is 0 Å². The van der Waals surface area contributed by atoms with Crippen molar-refractivity contribution in [3.05, 3.63) is 158 Å². The second-order valence-electron chi connectivity index (χ2n) is 11.8. The van der Waals surface area contributed by atoms with Crippen molar-refractivity contribution >= 4 is 65.6 Å². The summed E-state index contributed by atoms with van der Waals surface area (Å²) in [5.41, 5.74) is 11.1. The summed E-state index contributed by atoms with van der Waals surface area (Å²) in [4.78, 5) is 0. The summed E-state index contributed by atoms with van der Waals surface area (Å²) < 4.78 is 11.4. The zero-order chi connectivity index (χ0) is 29.5. The highest BCUT2D eigenvalue weighted by Gasteiger charge is 2.22. The minimum absolute atomic E-state index is 0.907. The highest BCUT2D eigenvalue weighted by Crippen LogP contribution is 2.43. The van der Waals surface area contributed by atoms with E-state index in [4.69, 9.17) is 4.42 Å². The number of hydrogen-bond acceptors (Lipinski definition) is 1. The van der Waals surface area contributed by atoms with Crippen molar-refractivity contribution in [2.75, 3.05) is 0 Å². The second-order valence-corrected chi connectivity index (χ2v) is 11.8. The average Bonchev–Trinajstić information content (AvgIpc) is 3.75. The first-order valence-corrected chi connectivity index (χ1v) is 15.4. The van der Waals surface area contributed by atoms with Gasteiger partial charge in [0.15, 0.2) is 5.58 Å². The fourth-order valence-corrected chi connectivity index (χ4v) is 7.30. The molecular weight excluding hydrogens is 548 g/mol. The van der Waals surface area contributed by atoms with Gasteiger partial charge in [-0.1, -0.05) is 97.1 Å². The third-order valence-electron chi connectivity index (χ3n) is 9.29. The van der Waals surface area contributed by atoms with Crippen molar-refractivity contribution in [3.8, 4) is 22.5 Å². The van der Waals surface area contributed by atoms with Crippen LogP contribution in [-0.2, 0) is 0 Å². The lowest BCUT2D eigenvalue weighted by atomic mass is 10.0. The van der Waals surface area contributed by atoms with Crippen molar-refractivity contribution in [1.82, 2.24) is 9.13 Å². The molecule has 0 atom stereocenters. The third-order valence-corrected chi connectivity index (χ3v) is 9.29. The van der Waals surface area contributed by atoms with Crippen LogP contribution in [0.15, 0.2) is 162 Å². The normalized spacial score (nSPS) is 12.0. The van der Waals surface area contributed by atoms with Gasteiger partial charge < -0.3 is 13.6 Å². The molecule has 0 saturated heterocycles. The lowest BCUT2D eigenvalue weighted by Crippen LogP contribution is -1.95. The Balaban J connectivity index is 1.40. The largest absolute Gasteiger partial charge is 0.454 e. The molecule has 0 spiro atoms. The van der Waals surface area contributed by atoms with Crippen LogP contribution in [0.4, 0.5) is 0 Å². The molecule has 3 heterocycles. The molecule has 10 rings (SSSR count). The quantitative estimate of drug-likeness (QED) is 0.206. The van der Waals surface area contributed by atoms with Crippen LogP contribution in [0.25, 0.3) is 88.1 Å². The molecule has 0 saturated carbocycles. The monoisotopic (exact) mass is 574 g/mol. The van der Waals surface area contributed by atoms with Crippen molar-refractivity contribution in [1.29, 1.82) is 0 Å². The summed E-state index contributed by atoms with van der Waals surface area (Å²) in [6.45, 7) is 0. The first-order valence-electron chi connectivity index (χ1n) is 15.4. The van der Waals surface area contributed by atoms with Crippen LogP contribution in [0.2, 0.25) is 0 Å². The predicted molar refractivity (Wildman–Crippen MR) is 188 cm³/mol. The number of benzene rings is 7.